The summed E-state index contributed by atoms with van der Waals surface area (Å²) in [6.45, 7) is 3.39. The Morgan fingerprint density at radius 3 is 2.53 bits per heavy atom. The van der Waals surface area contributed by atoms with Crippen LogP contribution >= 0.6 is 0 Å². The van der Waals surface area contributed by atoms with Crippen molar-refractivity contribution in [3.05, 3.63) is 59.4 Å². The van der Waals surface area contributed by atoms with E-state index in [0.717, 1.165) is 0 Å². The van der Waals surface area contributed by atoms with Gasteiger partial charge >= 0.3 is 0 Å². The number of benzene rings is 2. The van der Waals surface area contributed by atoms with Gasteiger partial charge in [-0.25, -0.2) is 9.40 Å². The van der Waals surface area contributed by atoms with E-state index in [0.29, 0.717) is 34.8 Å². The molecule has 1 aliphatic rings. The minimum atomic E-state index is -0.631. The highest BCUT2D eigenvalue weighted by Gasteiger charge is 2.36. The van der Waals surface area contributed by atoms with Gasteiger partial charge in [-0.15, -0.1) is 0 Å². The Bertz CT molecular complexity index is 1040. The molecule has 8 heteroatoms. The maximum absolute atomic E-state index is 14.7. The normalized spacial score (nSPS) is 15.5. The van der Waals surface area contributed by atoms with E-state index in [2.05, 4.69) is 5.10 Å². The van der Waals surface area contributed by atoms with Gasteiger partial charge in [0.1, 0.15) is 23.9 Å². The summed E-state index contributed by atoms with van der Waals surface area (Å²) in [5.74, 6) is -0.0388. The monoisotopic (exact) mass is 441 g/mol. The second-order valence-corrected chi connectivity index (χ2v) is 7.94. The third kappa shape index (κ3) is 4.74. The van der Waals surface area contributed by atoms with Crippen molar-refractivity contribution in [2.75, 3.05) is 27.8 Å². The molecule has 3 rings (SSSR count). The average molecular weight is 442 g/mol. The average Bonchev–Trinajstić information content (AvgIpc) is 3.23. The van der Waals surface area contributed by atoms with Gasteiger partial charge in [0.25, 0.3) is 5.91 Å². The fourth-order valence-electron chi connectivity index (χ4n) is 3.72. The van der Waals surface area contributed by atoms with Gasteiger partial charge in [-0.05, 0) is 18.2 Å². The van der Waals surface area contributed by atoms with Gasteiger partial charge in [-0.3, -0.25) is 9.59 Å². The van der Waals surface area contributed by atoms with Crippen LogP contribution in [0.15, 0.2) is 47.6 Å². The van der Waals surface area contributed by atoms with Crippen LogP contribution in [0.2, 0.25) is 0 Å². The van der Waals surface area contributed by atoms with Crippen molar-refractivity contribution < 1.29 is 23.5 Å². The Morgan fingerprint density at radius 1 is 1.19 bits per heavy atom. The number of hydrogen-bond acceptors (Lipinski definition) is 5. The first kappa shape index (κ1) is 23.2. The Labute approximate surface area is 187 Å². The first-order chi connectivity index (χ1) is 15.3. The number of hydrogen-bond donors (Lipinski definition) is 0. The molecular formula is C24H28FN3O4. The van der Waals surface area contributed by atoms with Gasteiger partial charge in [0.15, 0.2) is 0 Å². The third-order valence-corrected chi connectivity index (χ3v) is 5.39. The number of carbonyl (C=O) groups excluding carboxylic acids is 2. The van der Waals surface area contributed by atoms with E-state index in [4.69, 9.17) is 9.47 Å². The zero-order valence-electron chi connectivity index (χ0n) is 19.0. The summed E-state index contributed by atoms with van der Waals surface area (Å²) in [6.07, 6.45) is 0.303. The SMILES string of the molecule is COc1ccc(C2=NN(C(=O)CN(C)C(=O)C(C)C)[C@H](c3ccccc3F)C2)c(OC)c1. The summed E-state index contributed by atoms with van der Waals surface area (Å²) in [5.41, 5.74) is 1.64. The van der Waals surface area contributed by atoms with Gasteiger partial charge in [-0.1, -0.05) is 32.0 Å². The first-order valence-corrected chi connectivity index (χ1v) is 10.4. The van der Waals surface area contributed by atoms with Gasteiger partial charge in [0.05, 0.1) is 26.0 Å². The van der Waals surface area contributed by atoms with E-state index in [1.54, 1.807) is 64.4 Å². The molecule has 0 saturated heterocycles. The van der Waals surface area contributed by atoms with Crippen LogP contribution in [0.5, 0.6) is 11.5 Å². The molecule has 32 heavy (non-hydrogen) atoms. The highest BCUT2D eigenvalue weighted by molar-refractivity contribution is 6.05. The Hall–Kier alpha value is -3.42. The van der Waals surface area contributed by atoms with E-state index in [1.165, 1.54) is 23.1 Å². The number of halogens is 1. The molecule has 0 aromatic heterocycles. The number of hydrazone groups is 1. The lowest BCUT2D eigenvalue weighted by atomic mass is 9.97. The molecule has 0 spiro atoms. The molecule has 0 aliphatic carbocycles. The highest BCUT2D eigenvalue weighted by atomic mass is 19.1. The van der Waals surface area contributed by atoms with Gasteiger partial charge in [-0.2, -0.15) is 5.10 Å². The highest BCUT2D eigenvalue weighted by Crippen LogP contribution is 2.37. The number of methoxy groups -OCH3 is 2. The summed E-state index contributed by atoms with van der Waals surface area (Å²) in [4.78, 5) is 26.8. The maximum Gasteiger partial charge on any atom is 0.262 e. The van der Waals surface area contributed by atoms with Crippen LogP contribution in [-0.2, 0) is 9.59 Å². The van der Waals surface area contributed by atoms with Crippen LogP contribution in [0.1, 0.15) is 37.4 Å². The Morgan fingerprint density at radius 2 is 1.91 bits per heavy atom. The zero-order chi connectivity index (χ0) is 23.4. The molecule has 0 bridgehead atoms. The van der Waals surface area contributed by atoms with Crippen molar-refractivity contribution in [1.82, 2.24) is 9.91 Å². The van der Waals surface area contributed by atoms with Gasteiger partial charge < -0.3 is 14.4 Å². The molecule has 0 saturated carbocycles. The lowest BCUT2D eigenvalue weighted by Gasteiger charge is -2.25. The summed E-state index contributed by atoms with van der Waals surface area (Å²) in [7, 11) is 4.67. The van der Waals surface area contributed by atoms with Crippen molar-refractivity contribution in [2.45, 2.75) is 26.3 Å². The second kappa shape index (κ2) is 9.80. The molecule has 1 aliphatic heterocycles. The number of ether oxygens (including phenoxy) is 2. The molecule has 170 valence electrons. The lowest BCUT2D eigenvalue weighted by molar-refractivity contribution is -0.142. The standard InChI is InChI=1S/C24H28FN3O4/c1-15(2)24(30)27(3)14-23(29)28-21(17-8-6-7-9-19(17)25)13-20(26-28)18-11-10-16(31-4)12-22(18)32-5/h6-12,15,21H,13-14H2,1-5H3/t21-/m0/s1. The Kier molecular flexibility index (Phi) is 7.12. The molecule has 1 atom stereocenters. The summed E-state index contributed by atoms with van der Waals surface area (Å²) in [5, 5.41) is 5.83. The van der Waals surface area contributed by atoms with Crippen molar-refractivity contribution in [3.63, 3.8) is 0 Å². The van der Waals surface area contributed by atoms with Crippen LogP contribution in [0.4, 0.5) is 4.39 Å². The van der Waals surface area contributed by atoms with Crippen LogP contribution in [-0.4, -0.2) is 55.2 Å². The van der Waals surface area contributed by atoms with Gasteiger partial charge in [0.2, 0.25) is 5.91 Å². The summed E-state index contributed by atoms with van der Waals surface area (Å²) < 4.78 is 25.4. The van der Waals surface area contributed by atoms with Crippen molar-refractivity contribution >= 4 is 17.5 Å². The molecule has 7 nitrogen and oxygen atoms in total. The topological polar surface area (TPSA) is 71.4 Å². The third-order valence-electron chi connectivity index (χ3n) is 5.39. The van der Waals surface area contributed by atoms with E-state index in [-0.39, 0.29) is 18.4 Å². The van der Waals surface area contributed by atoms with E-state index >= 15 is 0 Å². The molecule has 2 amide bonds. The Balaban J connectivity index is 1.98. The number of nitrogens with zero attached hydrogens (tertiary/aromatic N) is 3. The molecule has 1 heterocycles. The predicted octanol–water partition coefficient (Wildman–Crippen LogP) is 3.64. The number of likely N-dealkylation sites (N-methyl/N-ethyl adjacent to an activating group) is 1. The maximum atomic E-state index is 14.7. The fraction of sp³-hybridized carbons (Fsp3) is 0.375. The van der Waals surface area contributed by atoms with Crippen molar-refractivity contribution in [2.24, 2.45) is 11.0 Å². The summed E-state index contributed by atoms with van der Waals surface area (Å²) in [6, 6.07) is 11.0. The van der Waals surface area contributed by atoms with E-state index in [1.807, 2.05) is 0 Å². The van der Waals surface area contributed by atoms with Crippen molar-refractivity contribution in [3.8, 4) is 11.5 Å². The van der Waals surface area contributed by atoms with Crippen LogP contribution in [0.3, 0.4) is 0 Å². The lowest BCUT2D eigenvalue weighted by Crippen LogP contribution is -2.40. The van der Waals surface area contributed by atoms with Crippen molar-refractivity contribution in [1.29, 1.82) is 0 Å². The molecule has 0 unspecified atom stereocenters. The minimum Gasteiger partial charge on any atom is -0.497 e. The number of amides is 2. The molecule has 0 fully saturated rings. The first-order valence-electron chi connectivity index (χ1n) is 10.4. The minimum absolute atomic E-state index is 0.152. The largest absolute Gasteiger partial charge is 0.497 e. The molecule has 2 aromatic carbocycles. The smallest absolute Gasteiger partial charge is 0.262 e. The fourth-order valence-corrected chi connectivity index (χ4v) is 3.72. The van der Waals surface area contributed by atoms with E-state index in [9.17, 15) is 14.0 Å². The number of carbonyl (C=O) groups is 2. The predicted molar refractivity (Wildman–Crippen MR) is 119 cm³/mol. The molecule has 2 aromatic rings. The molecular weight excluding hydrogens is 413 g/mol. The van der Waals surface area contributed by atoms with E-state index < -0.39 is 17.8 Å². The van der Waals surface area contributed by atoms with Crippen LogP contribution in [0.25, 0.3) is 0 Å². The summed E-state index contributed by atoms with van der Waals surface area (Å²) >= 11 is 0. The van der Waals surface area contributed by atoms with Crippen LogP contribution in [0, 0.1) is 11.7 Å². The molecule has 0 N–H and O–H groups in total. The second-order valence-electron chi connectivity index (χ2n) is 7.94. The number of rotatable bonds is 7. The van der Waals surface area contributed by atoms with Gasteiger partial charge in [0, 0.05) is 36.6 Å². The molecule has 0 radical (unpaired) electrons. The van der Waals surface area contributed by atoms with Crippen LogP contribution < -0.4 is 9.47 Å². The zero-order valence-corrected chi connectivity index (χ0v) is 19.0. The quantitative estimate of drug-likeness (QED) is 0.658.